The van der Waals surface area contributed by atoms with E-state index in [0.29, 0.717) is 11.4 Å². The average Bonchev–Trinajstić information content (AvgIpc) is 2.88. The Balaban J connectivity index is 1.94. The number of aromatic nitrogens is 1. The van der Waals surface area contributed by atoms with E-state index >= 15 is 0 Å². The van der Waals surface area contributed by atoms with Crippen molar-refractivity contribution in [1.29, 1.82) is 0 Å². The van der Waals surface area contributed by atoms with Crippen LogP contribution in [0.2, 0.25) is 5.02 Å². The largest absolute Gasteiger partial charge is 0.481 e. The Bertz CT molecular complexity index is 807. The summed E-state index contributed by atoms with van der Waals surface area (Å²) in [6, 6.07) is 15.7. The third-order valence-electron chi connectivity index (χ3n) is 3.45. The van der Waals surface area contributed by atoms with Gasteiger partial charge in [-0.2, -0.15) is 0 Å². The number of aliphatic carboxylic acids is 1. The van der Waals surface area contributed by atoms with Gasteiger partial charge in [-0.1, -0.05) is 29.8 Å². The molecule has 3 rings (SSSR count). The summed E-state index contributed by atoms with van der Waals surface area (Å²) in [7, 11) is 0. The normalized spacial score (nSPS) is 10.9. The first kappa shape index (κ1) is 13.7. The van der Waals surface area contributed by atoms with Crippen LogP contribution in [0, 0.1) is 0 Å². The minimum absolute atomic E-state index is 0.150. The second-order valence-electron chi connectivity index (χ2n) is 5.01. The molecule has 0 radical (unpaired) electrons. The van der Waals surface area contributed by atoms with Crippen molar-refractivity contribution in [3.8, 4) is 11.3 Å². The molecule has 0 aliphatic carbocycles. The second kappa shape index (κ2) is 5.62. The van der Waals surface area contributed by atoms with Crippen LogP contribution < -0.4 is 0 Å². The summed E-state index contributed by atoms with van der Waals surface area (Å²) in [6.07, 6.45) is 0.694. The molecule has 0 unspecified atom stereocenters. The van der Waals surface area contributed by atoms with Crippen LogP contribution in [0.15, 0.2) is 48.5 Å². The van der Waals surface area contributed by atoms with Gasteiger partial charge in [0.2, 0.25) is 0 Å². The van der Waals surface area contributed by atoms with Gasteiger partial charge in [0.1, 0.15) is 0 Å². The summed E-state index contributed by atoms with van der Waals surface area (Å²) in [5.41, 5.74) is 4.10. The molecule has 1 heterocycles. The SMILES string of the molecule is O=C(O)CCc1ccc2[nH]c(-c3cccc(Cl)c3)cc2c1. The zero-order chi connectivity index (χ0) is 14.8. The Hall–Kier alpha value is -2.26. The van der Waals surface area contributed by atoms with Crippen LogP contribution >= 0.6 is 11.6 Å². The maximum atomic E-state index is 10.6. The highest BCUT2D eigenvalue weighted by Crippen LogP contribution is 2.26. The van der Waals surface area contributed by atoms with Crippen molar-refractivity contribution in [3.63, 3.8) is 0 Å². The third kappa shape index (κ3) is 3.09. The van der Waals surface area contributed by atoms with Gasteiger partial charge in [0, 0.05) is 28.0 Å². The number of nitrogens with one attached hydrogen (secondary N) is 1. The average molecular weight is 300 g/mol. The molecule has 21 heavy (non-hydrogen) atoms. The van der Waals surface area contributed by atoms with Crippen LogP contribution in [-0.4, -0.2) is 16.1 Å². The summed E-state index contributed by atoms with van der Waals surface area (Å²) in [5, 5.41) is 10.5. The number of hydrogen-bond donors (Lipinski definition) is 2. The van der Waals surface area contributed by atoms with Gasteiger partial charge in [0.05, 0.1) is 0 Å². The Labute approximate surface area is 127 Å². The number of rotatable bonds is 4. The fraction of sp³-hybridized carbons (Fsp3) is 0.118. The van der Waals surface area contributed by atoms with Gasteiger partial charge in [-0.3, -0.25) is 4.79 Å². The van der Waals surface area contributed by atoms with Crippen LogP contribution in [0.25, 0.3) is 22.2 Å². The number of aryl methyl sites for hydroxylation is 1. The lowest BCUT2D eigenvalue weighted by molar-refractivity contribution is -0.136. The molecule has 2 aromatic carbocycles. The van der Waals surface area contributed by atoms with Crippen molar-refractivity contribution in [2.24, 2.45) is 0 Å². The highest BCUT2D eigenvalue weighted by atomic mass is 35.5. The van der Waals surface area contributed by atoms with E-state index in [9.17, 15) is 4.79 Å². The van der Waals surface area contributed by atoms with Gasteiger partial charge >= 0.3 is 5.97 Å². The van der Waals surface area contributed by atoms with Crippen LogP contribution in [0.3, 0.4) is 0 Å². The summed E-state index contributed by atoms with van der Waals surface area (Å²) in [6.45, 7) is 0. The van der Waals surface area contributed by atoms with Crippen LogP contribution in [0.5, 0.6) is 0 Å². The van der Waals surface area contributed by atoms with Crippen LogP contribution in [-0.2, 0) is 11.2 Å². The maximum absolute atomic E-state index is 10.6. The molecule has 0 saturated heterocycles. The molecule has 3 nitrogen and oxygen atoms in total. The number of aromatic amines is 1. The molecule has 4 heteroatoms. The lowest BCUT2D eigenvalue weighted by Crippen LogP contribution is -1.96. The fourth-order valence-corrected chi connectivity index (χ4v) is 2.59. The second-order valence-corrected chi connectivity index (χ2v) is 5.45. The van der Waals surface area contributed by atoms with E-state index in [4.69, 9.17) is 16.7 Å². The zero-order valence-corrected chi connectivity index (χ0v) is 12.0. The smallest absolute Gasteiger partial charge is 0.303 e. The molecule has 0 saturated carbocycles. The Kier molecular flexibility index (Phi) is 3.67. The van der Waals surface area contributed by atoms with Crippen LogP contribution in [0.4, 0.5) is 0 Å². The summed E-state index contributed by atoms with van der Waals surface area (Å²) < 4.78 is 0. The highest BCUT2D eigenvalue weighted by Gasteiger charge is 2.06. The summed E-state index contributed by atoms with van der Waals surface area (Å²) >= 11 is 6.02. The fourth-order valence-electron chi connectivity index (χ4n) is 2.40. The summed E-state index contributed by atoms with van der Waals surface area (Å²) in [5.74, 6) is -0.774. The predicted octanol–water partition coefficient (Wildman–Crippen LogP) is 4.51. The van der Waals surface area contributed by atoms with Gasteiger partial charge in [-0.25, -0.2) is 0 Å². The van der Waals surface area contributed by atoms with Crippen molar-refractivity contribution in [2.75, 3.05) is 0 Å². The summed E-state index contributed by atoms with van der Waals surface area (Å²) in [4.78, 5) is 14.0. The number of benzene rings is 2. The van der Waals surface area contributed by atoms with Crippen molar-refractivity contribution in [3.05, 3.63) is 59.1 Å². The van der Waals surface area contributed by atoms with Crippen molar-refractivity contribution < 1.29 is 9.90 Å². The molecule has 0 spiro atoms. The highest BCUT2D eigenvalue weighted by molar-refractivity contribution is 6.30. The molecule has 0 fully saturated rings. The number of carboxylic acid groups (broad SMARTS) is 1. The lowest BCUT2D eigenvalue weighted by atomic mass is 10.1. The van der Waals surface area contributed by atoms with Crippen LogP contribution in [0.1, 0.15) is 12.0 Å². The Morgan fingerprint density at radius 3 is 2.76 bits per heavy atom. The molecule has 1 aromatic heterocycles. The van der Waals surface area contributed by atoms with Gasteiger partial charge in [0.25, 0.3) is 0 Å². The van der Waals surface area contributed by atoms with E-state index < -0.39 is 5.97 Å². The molecule has 106 valence electrons. The molecular formula is C17H14ClNO2. The van der Waals surface area contributed by atoms with E-state index in [1.165, 1.54) is 0 Å². The first-order valence-electron chi connectivity index (χ1n) is 6.71. The quantitative estimate of drug-likeness (QED) is 0.745. The Morgan fingerprint density at radius 2 is 2.00 bits per heavy atom. The van der Waals surface area contributed by atoms with E-state index in [1.54, 1.807) is 0 Å². The van der Waals surface area contributed by atoms with E-state index in [2.05, 4.69) is 11.1 Å². The first-order valence-corrected chi connectivity index (χ1v) is 7.09. The first-order chi connectivity index (χ1) is 10.1. The number of hydrogen-bond acceptors (Lipinski definition) is 1. The minimum atomic E-state index is -0.774. The topological polar surface area (TPSA) is 53.1 Å². The number of fused-ring (bicyclic) bond motifs is 1. The molecule has 3 aromatic rings. The minimum Gasteiger partial charge on any atom is -0.481 e. The number of carboxylic acids is 1. The molecule has 0 atom stereocenters. The Morgan fingerprint density at radius 1 is 1.14 bits per heavy atom. The number of H-pyrrole nitrogens is 1. The van der Waals surface area contributed by atoms with Gasteiger partial charge in [-0.15, -0.1) is 0 Å². The van der Waals surface area contributed by atoms with E-state index in [-0.39, 0.29) is 6.42 Å². The number of carbonyl (C=O) groups is 1. The van der Waals surface area contributed by atoms with Gasteiger partial charge in [0.15, 0.2) is 0 Å². The van der Waals surface area contributed by atoms with Gasteiger partial charge in [-0.05, 0) is 47.9 Å². The van der Waals surface area contributed by atoms with Crippen molar-refractivity contribution >= 4 is 28.5 Å². The molecule has 0 bridgehead atoms. The molecule has 0 amide bonds. The predicted molar refractivity (Wildman–Crippen MR) is 84.7 cm³/mol. The zero-order valence-electron chi connectivity index (χ0n) is 11.3. The van der Waals surface area contributed by atoms with Crippen molar-refractivity contribution in [2.45, 2.75) is 12.8 Å². The molecule has 0 aliphatic heterocycles. The third-order valence-corrected chi connectivity index (χ3v) is 3.68. The maximum Gasteiger partial charge on any atom is 0.303 e. The van der Waals surface area contributed by atoms with Gasteiger partial charge < -0.3 is 10.1 Å². The standard InChI is InChI=1S/C17H14ClNO2/c18-14-3-1-2-12(9-14)16-10-13-8-11(5-7-17(20)21)4-6-15(13)19-16/h1-4,6,8-10,19H,5,7H2,(H,20,21). The van der Waals surface area contributed by atoms with E-state index in [1.807, 2.05) is 42.5 Å². The lowest BCUT2D eigenvalue weighted by Gasteiger charge is -1.98. The molecular weight excluding hydrogens is 286 g/mol. The molecule has 2 N–H and O–H groups in total. The monoisotopic (exact) mass is 299 g/mol. The molecule has 0 aliphatic rings. The van der Waals surface area contributed by atoms with Crippen molar-refractivity contribution in [1.82, 2.24) is 4.98 Å². The van der Waals surface area contributed by atoms with E-state index in [0.717, 1.165) is 27.7 Å². The number of halogens is 1.